The molecular weight excluding hydrogens is 541 g/mol. The number of amides is 2. The SMILES string of the molecule is Cc1ccc(C2=NOC(c3cc(C(F)(F)F)nn3C)(C(F)(F)F)C2)cc1NC(=O)CC(=O)NCC(F)(F)F. The van der Waals surface area contributed by atoms with Crippen molar-refractivity contribution in [3.8, 4) is 0 Å². The van der Waals surface area contributed by atoms with E-state index in [1.54, 1.807) is 0 Å². The summed E-state index contributed by atoms with van der Waals surface area (Å²) in [5.74, 6) is -2.22. The summed E-state index contributed by atoms with van der Waals surface area (Å²) in [6.45, 7) is -0.153. The summed E-state index contributed by atoms with van der Waals surface area (Å²) in [5.41, 5.74) is -5.74. The number of carbonyl (C=O) groups is 2. The molecule has 2 heterocycles. The molecule has 2 aromatic rings. The number of oxime groups is 1. The first-order chi connectivity index (χ1) is 17.3. The molecule has 208 valence electrons. The smallest absolute Gasteiger partial charge is 0.372 e. The van der Waals surface area contributed by atoms with Gasteiger partial charge in [-0.3, -0.25) is 14.3 Å². The van der Waals surface area contributed by atoms with E-state index in [9.17, 15) is 49.1 Å². The monoisotopic (exact) mass is 559 g/mol. The van der Waals surface area contributed by atoms with E-state index in [1.165, 1.54) is 30.4 Å². The molecule has 8 nitrogen and oxygen atoms in total. The Labute approximate surface area is 207 Å². The van der Waals surface area contributed by atoms with Crippen LogP contribution >= 0.6 is 0 Å². The minimum Gasteiger partial charge on any atom is -0.372 e. The third-order valence-electron chi connectivity index (χ3n) is 5.42. The molecular formula is C21H18F9N5O3. The second-order valence-corrected chi connectivity index (χ2v) is 8.31. The molecule has 17 heteroatoms. The lowest BCUT2D eigenvalue weighted by atomic mass is 9.89. The number of aryl methyl sites for hydroxylation is 2. The first-order valence-corrected chi connectivity index (χ1v) is 10.5. The number of nitrogens with one attached hydrogen (secondary N) is 2. The lowest BCUT2D eigenvalue weighted by Crippen LogP contribution is -2.44. The maximum absolute atomic E-state index is 14.2. The zero-order chi connectivity index (χ0) is 28.7. The molecule has 0 radical (unpaired) electrons. The van der Waals surface area contributed by atoms with E-state index in [-0.39, 0.29) is 23.0 Å². The summed E-state index contributed by atoms with van der Waals surface area (Å²) in [6, 6.07) is 4.09. The van der Waals surface area contributed by atoms with Crippen LogP contribution in [0.3, 0.4) is 0 Å². The lowest BCUT2D eigenvalue weighted by Gasteiger charge is -2.28. The Hall–Kier alpha value is -3.79. The fourth-order valence-corrected chi connectivity index (χ4v) is 3.54. The van der Waals surface area contributed by atoms with Gasteiger partial charge in [-0.15, -0.1) is 0 Å². The van der Waals surface area contributed by atoms with Crippen LogP contribution in [-0.4, -0.2) is 46.2 Å². The van der Waals surface area contributed by atoms with Gasteiger partial charge in [0, 0.05) is 18.3 Å². The summed E-state index contributed by atoms with van der Waals surface area (Å²) in [4.78, 5) is 28.4. The fourth-order valence-electron chi connectivity index (χ4n) is 3.54. The van der Waals surface area contributed by atoms with E-state index in [0.29, 0.717) is 10.2 Å². The van der Waals surface area contributed by atoms with Crippen molar-refractivity contribution in [1.82, 2.24) is 15.1 Å². The highest BCUT2D eigenvalue weighted by atomic mass is 19.4. The van der Waals surface area contributed by atoms with Gasteiger partial charge in [0.15, 0.2) is 5.69 Å². The van der Waals surface area contributed by atoms with Crippen molar-refractivity contribution in [3.05, 3.63) is 46.8 Å². The van der Waals surface area contributed by atoms with Crippen molar-refractivity contribution in [2.75, 3.05) is 11.9 Å². The molecule has 0 saturated carbocycles. The van der Waals surface area contributed by atoms with Crippen molar-refractivity contribution in [2.24, 2.45) is 12.2 Å². The first-order valence-electron chi connectivity index (χ1n) is 10.5. The minimum absolute atomic E-state index is 0.00298. The molecule has 2 N–H and O–H groups in total. The largest absolute Gasteiger partial charge is 0.437 e. The van der Waals surface area contributed by atoms with Crippen LogP contribution in [0.15, 0.2) is 29.4 Å². The van der Waals surface area contributed by atoms with Crippen molar-refractivity contribution in [3.63, 3.8) is 0 Å². The van der Waals surface area contributed by atoms with E-state index in [1.807, 2.05) is 0 Å². The van der Waals surface area contributed by atoms with Crippen LogP contribution in [0.5, 0.6) is 0 Å². The first kappa shape index (κ1) is 28.8. The number of anilines is 1. The van der Waals surface area contributed by atoms with Crippen molar-refractivity contribution < 1.29 is 53.9 Å². The van der Waals surface area contributed by atoms with E-state index >= 15 is 0 Å². The summed E-state index contributed by atoms with van der Waals surface area (Å²) in [5, 5.41) is 10.4. The number of nitrogens with zero attached hydrogens (tertiary/aromatic N) is 3. The molecule has 38 heavy (non-hydrogen) atoms. The molecule has 2 amide bonds. The van der Waals surface area contributed by atoms with Gasteiger partial charge < -0.3 is 15.5 Å². The molecule has 1 aliphatic heterocycles. The van der Waals surface area contributed by atoms with E-state index in [4.69, 9.17) is 4.84 Å². The number of rotatable bonds is 6. The molecule has 0 aliphatic carbocycles. The van der Waals surface area contributed by atoms with Gasteiger partial charge in [0.2, 0.25) is 11.8 Å². The topological polar surface area (TPSA) is 97.6 Å². The van der Waals surface area contributed by atoms with Gasteiger partial charge in [0.25, 0.3) is 5.60 Å². The number of hydrogen-bond acceptors (Lipinski definition) is 5. The van der Waals surface area contributed by atoms with E-state index in [0.717, 1.165) is 7.05 Å². The number of hydrogen-bond donors (Lipinski definition) is 2. The number of aromatic nitrogens is 2. The van der Waals surface area contributed by atoms with Crippen molar-refractivity contribution >= 4 is 23.2 Å². The second kappa shape index (κ2) is 9.83. The van der Waals surface area contributed by atoms with Gasteiger partial charge in [0.05, 0.1) is 17.8 Å². The highest BCUT2D eigenvalue weighted by molar-refractivity contribution is 6.06. The van der Waals surface area contributed by atoms with E-state index in [2.05, 4.69) is 15.6 Å². The van der Waals surface area contributed by atoms with Gasteiger partial charge >= 0.3 is 18.5 Å². The van der Waals surface area contributed by atoms with Crippen molar-refractivity contribution in [1.29, 1.82) is 0 Å². The summed E-state index contributed by atoms with van der Waals surface area (Å²) in [6.07, 6.45) is -16.9. The second-order valence-electron chi connectivity index (χ2n) is 8.31. The van der Waals surface area contributed by atoms with Gasteiger partial charge in [-0.25, -0.2) is 0 Å². The minimum atomic E-state index is -5.22. The zero-order valence-electron chi connectivity index (χ0n) is 19.4. The molecule has 0 bridgehead atoms. The fraction of sp³-hybridized carbons (Fsp3) is 0.429. The van der Waals surface area contributed by atoms with E-state index < -0.39 is 66.7 Å². The van der Waals surface area contributed by atoms with Crippen LogP contribution in [0.25, 0.3) is 0 Å². The highest BCUT2D eigenvalue weighted by Crippen LogP contribution is 2.49. The third-order valence-corrected chi connectivity index (χ3v) is 5.42. The third kappa shape index (κ3) is 6.19. The molecule has 1 aromatic carbocycles. The summed E-state index contributed by atoms with van der Waals surface area (Å²) < 4.78 is 119. The predicted octanol–water partition coefficient (Wildman–Crippen LogP) is 4.34. The molecule has 0 saturated heterocycles. The van der Waals surface area contributed by atoms with Gasteiger partial charge in [-0.05, 0) is 24.6 Å². The Bertz CT molecular complexity index is 1260. The maximum Gasteiger partial charge on any atom is 0.437 e. The Morgan fingerprint density at radius 1 is 1.05 bits per heavy atom. The van der Waals surface area contributed by atoms with Crippen LogP contribution in [0.1, 0.15) is 35.4 Å². The number of benzene rings is 1. The molecule has 1 atom stereocenters. The van der Waals surface area contributed by atoms with Crippen LogP contribution < -0.4 is 10.6 Å². The average molecular weight is 559 g/mol. The zero-order valence-corrected chi connectivity index (χ0v) is 19.4. The summed E-state index contributed by atoms with van der Waals surface area (Å²) in [7, 11) is 0.893. The van der Waals surface area contributed by atoms with Crippen LogP contribution in [0, 0.1) is 6.92 Å². The Morgan fingerprint density at radius 2 is 1.71 bits per heavy atom. The standard InChI is InChI=1S/C21H18F9N5O3/c1-10-3-4-11(5-12(10)32-17(37)7-16(36)31-9-19(22,23)24)13-8-18(38-34-13,21(28,29)30)15-6-14(20(25,26)27)33-35(15)2/h3-6H,7-9H2,1-2H3,(H,31,36)(H,32,37). The van der Waals surface area contributed by atoms with Gasteiger partial charge in [-0.2, -0.15) is 44.6 Å². The number of alkyl halides is 9. The van der Waals surface area contributed by atoms with Crippen LogP contribution in [0.2, 0.25) is 0 Å². The molecule has 3 rings (SSSR count). The molecule has 1 aliphatic rings. The Balaban J connectivity index is 1.82. The predicted molar refractivity (Wildman–Crippen MR) is 112 cm³/mol. The highest BCUT2D eigenvalue weighted by Gasteiger charge is 2.64. The Morgan fingerprint density at radius 3 is 2.26 bits per heavy atom. The van der Waals surface area contributed by atoms with Crippen LogP contribution in [-0.2, 0) is 33.3 Å². The average Bonchev–Trinajstić information content (AvgIpc) is 3.38. The molecule has 0 fully saturated rings. The Kier molecular flexibility index (Phi) is 7.44. The van der Waals surface area contributed by atoms with Crippen molar-refractivity contribution in [2.45, 2.75) is 43.9 Å². The lowest BCUT2D eigenvalue weighted by molar-refractivity contribution is -0.278. The number of halogens is 9. The normalized spacial score (nSPS) is 18.1. The maximum atomic E-state index is 14.2. The van der Waals surface area contributed by atoms with Crippen LogP contribution in [0.4, 0.5) is 45.2 Å². The summed E-state index contributed by atoms with van der Waals surface area (Å²) >= 11 is 0. The number of carbonyl (C=O) groups excluding carboxylic acids is 2. The van der Waals surface area contributed by atoms with Gasteiger partial charge in [0.1, 0.15) is 13.0 Å². The molecule has 1 unspecified atom stereocenters. The molecule has 0 spiro atoms. The quantitative estimate of drug-likeness (QED) is 0.407. The molecule has 1 aromatic heterocycles. The van der Waals surface area contributed by atoms with Gasteiger partial charge in [-0.1, -0.05) is 17.3 Å².